The Morgan fingerprint density at radius 1 is 1.25 bits per heavy atom. The van der Waals surface area contributed by atoms with E-state index in [0.717, 1.165) is 16.0 Å². The summed E-state index contributed by atoms with van der Waals surface area (Å²) in [7, 11) is 0. The van der Waals surface area contributed by atoms with Crippen LogP contribution < -0.4 is 10.0 Å². The number of carbonyl (C=O) groups excluding carboxylic acids is 2. The molecule has 1 aromatic rings. The minimum absolute atomic E-state index is 0.345. The summed E-state index contributed by atoms with van der Waals surface area (Å²) in [5.74, 6) is -1.08. The SMILES string of the molecule is Cc1cccc([C@H](C(=O)[O-])[NH+]2CCN(C(=O)OC(C)(C)C)CC2)c1. The van der Waals surface area contributed by atoms with Gasteiger partial charge in [0.15, 0.2) is 6.04 Å². The lowest BCUT2D eigenvalue weighted by Gasteiger charge is -2.37. The van der Waals surface area contributed by atoms with Crippen molar-refractivity contribution in [2.24, 2.45) is 0 Å². The molecule has 2 rings (SSSR count). The van der Waals surface area contributed by atoms with Crippen molar-refractivity contribution in [2.75, 3.05) is 26.2 Å². The zero-order chi connectivity index (χ0) is 17.9. The predicted molar refractivity (Wildman–Crippen MR) is 87.4 cm³/mol. The lowest BCUT2D eigenvalue weighted by Crippen LogP contribution is -3.16. The van der Waals surface area contributed by atoms with Crippen LogP contribution in [0.5, 0.6) is 0 Å². The van der Waals surface area contributed by atoms with Crippen molar-refractivity contribution in [1.29, 1.82) is 0 Å². The molecule has 1 aliphatic rings. The number of hydrogen-bond acceptors (Lipinski definition) is 4. The summed E-state index contributed by atoms with van der Waals surface area (Å²) in [4.78, 5) is 26.3. The molecule has 0 bridgehead atoms. The molecule has 1 aromatic carbocycles. The largest absolute Gasteiger partial charge is 0.544 e. The number of quaternary nitrogens is 1. The molecule has 0 radical (unpaired) electrons. The lowest BCUT2D eigenvalue weighted by atomic mass is 10.0. The van der Waals surface area contributed by atoms with Crippen LogP contribution in [0.3, 0.4) is 0 Å². The summed E-state index contributed by atoms with van der Waals surface area (Å²) in [6, 6.07) is 6.78. The number of nitrogens with one attached hydrogen (secondary N) is 1. The number of aryl methyl sites for hydroxylation is 1. The van der Waals surface area contributed by atoms with Gasteiger partial charge < -0.3 is 19.5 Å². The summed E-state index contributed by atoms with van der Waals surface area (Å²) >= 11 is 0. The molecule has 6 nitrogen and oxygen atoms in total. The summed E-state index contributed by atoms with van der Waals surface area (Å²) < 4.78 is 5.37. The first-order valence-corrected chi connectivity index (χ1v) is 8.27. The fraction of sp³-hybridized carbons (Fsp3) is 0.556. The van der Waals surface area contributed by atoms with Crippen molar-refractivity contribution >= 4 is 12.1 Å². The summed E-state index contributed by atoms with van der Waals surface area (Å²) in [5, 5.41) is 11.7. The first-order chi connectivity index (χ1) is 11.2. The molecule has 24 heavy (non-hydrogen) atoms. The van der Waals surface area contributed by atoms with E-state index in [4.69, 9.17) is 4.74 Å². The Hall–Kier alpha value is -2.08. The number of carboxylic acids is 1. The van der Waals surface area contributed by atoms with Gasteiger partial charge in [-0.1, -0.05) is 23.8 Å². The van der Waals surface area contributed by atoms with E-state index in [-0.39, 0.29) is 6.09 Å². The van der Waals surface area contributed by atoms with E-state index in [1.165, 1.54) is 0 Å². The molecular weight excluding hydrogens is 308 g/mol. The Morgan fingerprint density at radius 2 is 1.88 bits per heavy atom. The molecule has 0 aromatic heterocycles. The highest BCUT2D eigenvalue weighted by atomic mass is 16.6. The topological polar surface area (TPSA) is 74.1 Å². The van der Waals surface area contributed by atoms with Crippen LogP contribution in [0.15, 0.2) is 24.3 Å². The highest BCUT2D eigenvalue weighted by molar-refractivity contribution is 5.72. The number of benzene rings is 1. The van der Waals surface area contributed by atoms with E-state index in [2.05, 4.69) is 0 Å². The summed E-state index contributed by atoms with van der Waals surface area (Å²) in [6.07, 6.45) is -0.345. The van der Waals surface area contributed by atoms with Gasteiger partial charge in [-0.25, -0.2) is 4.79 Å². The third kappa shape index (κ3) is 4.71. The van der Waals surface area contributed by atoms with Crippen molar-refractivity contribution in [1.82, 2.24) is 4.90 Å². The van der Waals surface area contributed by atoms with Crippen molar-refractivity contribution in [3.05, 3.63) is 35.4 Å². The molecule has 1 heterocycles. The fourth-order valence-corrected chi connectivity index (χ4v) is 2.98. The van der Waals surface area contributed by atoms with Gasteiger partial charge in [0.1, 0.15) is 11.6 Å². The molecule has 0 saturated carbocycles. The molecule has 1 atom stereocenters. The van der Waals surface area contributed by atoms with Gasteiger partial charge >= 0.3 is 6.09 Å². The second-order valence-electron chi connectivity index (χ2n) is 7.29. The average Bonchev–Trinajstić information content (AvgIpc) is 2.46. The van der Waals surface area contributed by atoms with Crippen molar-refractivity contribution in [3.63, 3.8) is 0 Å². The minimum atomic E-state index is -1.08. The van der Waals surface area contributed by atoms with Gasteiger partial charge in [-0.15, -0.1) is 0 Å². The molecule has 132 valence electrons. The van der Waals surface area contributed by atoms with E-state index in [1.54, 1.807) is 4.90 Å². The molecule has 1 N–H and O–H groups in total. The van der Waals surface area contributed by atoms with E-state index in [9.17, 15) is 14.7 Å². The second-order valence-corrected chi connectivity index (χ2v) is 7.29. The van der Waals surface area contributed by atoms with Gasteiger partial charge in [0, 0.05) is 5.56 Å². The van der Waals surface area contributed by atoms with Gasteiger partial charge in [0.2, 0.25) is 0 Å². The van der Waals surface area contributed by atoms with Gasteiger partial charge in [0.05, 0.1) is 26.2 Å². The number of piperazine rings is 1. The number of hydrogen-bond donors (Lipinski definition) is 1. The quantitative estimate of drug-likeness (QED) is 0.839. The molecule has 1 saturated heterocycles. The van der Waals surface area contributed by atoms with Crippen molar-refractivity contribution in [2.45, 2.75) is 39.3 Å². The van der Waals surface area contributed by atoms with Gasteiger partial charge in [-0.05, 0) is 33.8 Å². The number of carbonyl (C=O) groups is 2. The van der Waals surface area contributed by atoms with Gasteiger partial charge in [0.25, 0.3) is 0 Å². The highest BCUT2D eigenvalue weighted by Crippen LogP contribution is 2.13. The average molecular weight is 334 g/mol. The number of carboxylic acid groups (broad SMARTS) is 1. The maximum atomic E-state index is 12.1. The van der Waals surface area contributed by atoms with Gasteiger partial charge in [-0.3, -0.25) is 4.90 Å². The van der Waals surface area contributed by atoms with E-state index in [0.29, 0.717) is 26.2 Å². The number of ether oxygens (including phenoxy) is 1. The smallest absolute Gasteiger partial charge is 0.410 e. The van der Waals surface area contributed by atoms with Crippen LogP contribution in [0.25, 0.3) is 0 Å². The minimum Gasteiger partial charge on any atom is -0.544 e. The fourth-order valence-electron chi connectivity index (χ4n) is 2.98. The van der Waals surface area contributed by atoms with Crippen LogP contribution >= 0.6 is 0 Å². The lowest BCUT2D eigenvalue weighted by molar-refractivity contribution is -0.928. The molecule has 1 fully saturated rings. The summed E-state index contributed by atoms with van der Waals surface area (Å²) in [5.41, 5.74) is 1.23. The molecule has 1 aliphatic heterocycles. The molecule has 0 unspecified atom stereocenters. The molecule has 6 heteroatoms. The van der Waals surface area contributed by atoms with Crippen molar-refractivity contribution < 1.29 is 24.3 Å². The zero-order valence-corrected chi connectivity index (χ0v) is 14.8. The van der Waals surface area contributed by atoms with Crippen LogP contribution in [0.2, 0.25) is 0 Å². The normalized spacial score (nSPS) is 17.4. The van der Waals surface area contributed by atoms with Crippen LogP contribution in [-0.2, 0) is 9.53 Å². The number of rotatable bonds is 3. The van der Waals surface area contributed by atoms with E-state index >= 15 is 0 Å². The predicted octanol–water partition coefficient (Wildman–Crippen LogP) is -0.0784. The van der Waals surface area contributed by atoms with Crippen LogP contribution in [-0.4, -0.2) is 48.7 Å². The highest BCUT2D eigenvalue weighted by Gasteiger charge is 2.32. The third-order valence-electron chi connectivity index (χ3n) is 4.08. The second kappa shape index (κ2) is 7.21. The monoisotopic (exact) mass is 334 g/mol. The Bertz CT molecular complexity index is 601. The standard InChI is InChI=1S/C18H26N2O4/c1-13-6-5-7-14(12-13)15(16(21)22)19-8-10-20(11-9-19)17(23)24-18(2,3)4/h5-7,12,15H,8-11H2,1-4H3,(H,21,22)/t15-/m1/s1. The van der Waals surface area contributed by atoms with Crippen LogP contribution in [0.1, 0.15) is 37.9 Å². The Labute approximate surface area is 143 Å². The first-order valence-electron chi connectivity index (χ1n) is 8.27. The number of amides is 1. The Kier molecular flexibility index (Phi) is 5.49. The van der Waals surface area contributed by atoms with E-state index in [1.807, 2.05) is 52.0 Å². The molecule has 1 amide bonds. The number of nitrogens with zero attached hydrogens (tertiary/aromatic N) is 1. The zero-order valence-electron chi connectivity index (χ0n) is 14.8. The van der Waals surface area contributed by atoms with Crippen LogP contribution in [0, 0.1) is 6.92 Å². The Morgan fingerprint density at radius 3 is 2.38 bits per heavy atom. The summed E-state index contributed by atoms with van der Waals surface area (Å²) in [6.45, 7) is 9.46. The maximum Gasteiger partial charge on any atom is 0.410 e. The molecule has 0 spiro atoms. The maximum absolute atomic E-state index is 12.1. The van der Waals surface area contributed by atoms with Crippen LogP contribution in [0.4, 0.5) is 4.79 Å². The molecule has 0 aliphatic carbocycles. The Balaban J connectivity index is 2.04. The third-order valence-corrected chi connectivity index (χ3v) is 4.08. The number of aliphatic carboxylic acids is 1. The van der Waals surface area contributed by atoms with Gasteiger partial charge in [-0.2, -0.15) is 0 Å². The molecular formula is C18H26N2O4. The van der Waals surface area contributed by atoms with E-state index < -0.39 is 17.6 Å². The van der Waals surface area contributed by atoms with Crippen molar-refractivity contribution in [3.8, 4) is 0 Å². The first kappa shape index (κ1) is 18.3.